The summed E-state index contributed by atoms with van der Waals surface area (Å²) in [4.78, 5) is 24.7. The number of hydrogen-bond donors (Lipinski definition) is 0. The van der Waals surface area contributed by atoms with Crippen LogP contribution in [0, 0.1) is 0 Å². The van der Waals surface area contributed by atoms with E-state index in [4.69, 9.17) is 14.2 Å². The Balaban J connectivity index is 1.26. The molecular weight excluding hydrogens is 526 g/mol. The summed E-state index contributed by atoms with van der Waals surface area (Å²) in [5, 5.41) is 0. The number of benzene rings is 5. The van der Waals surface area contributed by atoms with Crippen LogP contribution in [0.25, 0.3) is 22.3 Å². The molecule has 0 N–H and O–H groups in total. The molecule has 0 aliphatic rings. The van der Waals surface area contributed by atoms with Gasteiger partial charge in [0.2, 0.25) is 0 Å². The fourth-order valence-electron chi connectivity index (χ4n) is 4.22. The van der Waals surface area contributed by atoms with E-state index < -0.39 is 0 Å². The number of carbonyl (C=O) groups is 1. The Bertz CT molecular complexity index is 1690. The molecule has 7 heteroatoms. The van der Waals surface area contributed by atoms with Crippen molar-refractivity contribution in [2.45, 2.75) is 6.92 Å². The molecular formula is C35H25N3O4. The third-order valence-corrected chi connectivity index (χ3v) is 6.38. The van der Waals surface area contributed by atoms with Gasteiger partial charge in [0.15, 0.2) is 5.78 Å². The van der Waals surface area contributed by atoms with Gasteiger partial charge in [-0.1, -0.05) is 84.9 Å². The van der Waals surface area contributed by atoms with Crippen LogP contribution in [0.4, 0.5) is 0 Å². The van der Waals surface area contributed by atoms with Gasteiger partial charge in [-0.15, -0.1) is 15.0 Å². The summed E-state index contributed by atoms with van der Waals surface area (Å²) in [5.74, 6) is 1.48. The van der Waals surface area contributed by atoms with Gasteiger partial charge in [-0.2, -0.15) is 0 Å². The van der Waals surface area contributed by atoms with Crippen molar-refractivity contribution in [3.8, 4) is 57.5 Å². The lowest BCUT2D eigenvalue weighted by atomic mass is 10.1. The molecule has 0 aliphatic carbocycles. The SMILES string of the molecule is CC(=O)c1ccc(Oc2nc(Oc3ccc(-c4ccccc4)cc3)nc(Oc3ccc(-c4ccccc4)cc3)n2)cc1. The number of ketones is 1. The van der Waals surface area contributed by atoms with Gasteiger partial charge in [-0.3, -0.25) is 4.79 Å². The van der Waals surface area contributed by atoms with E-state index in [-0.39, 0.29) is 23.8 Å². The molecule has 1 heterocycles. The average molecular weight is 552 g/mol. The third kappa shape index (κ3) is 6.48. The van der Waals surface area contributed by atoms with E-state index in [0.717, 1.165) is 22.3 Å². The monoisotopic (exact) mass is 551 g/mol. The zero-order valence-corrected chi connectivity index (χ0v) is 22.7. The predicted molar refractivity (Wildman–Crippen MR) is 160 cm³/mol. The third-order valence-electron chi connectivity index (χ3n) is 6.38. The maximum Gasteiger partial charge on any atom is 0.331 e. The fraction of sp³-hybridized carbons (Fsp3) is 0.0286. The van der Waals surface area contributed by atoms with Crippen LogP contribution >= 0.6 is 0 Å². The predicted octanol–water partition coefficient (Wildman–Crippen LogP) is 8.79. The van der Waals surface area contributed by atoms with Crippen LogP contribution in [0.15, 0.2) is 133 Å². The zero-order chi connectivity index (χ0) is 28.7. The first-order valence-corrected chi connectivity index (χ1v) is 13.3. The summed E-state index contributed by atoms with van der Waals surface area (Å²) in [6.07, 6.45) is 0. The standard InChI is InChI=1S/C35H25N3O4/c1-24(39)25-12-18-30(19-13-25)40-33-36-34(41-31-20-14-28(15-21-31)26-8-4-2-5-9-26)38-35(37-33)42-32-22-16-29(17-23-32)27-10-6-3-7-11-27/h2-23H,1H3. The first-order chi connectivity index (χ1) is 20.6. The Kier molecular flexibility index (Phi) is 7.63. The van der Waals surface area contributed by atoms with Crippen LogP contribution in [0.2, 0.25) is 0 Å². The van der Waals surface area contributed by atoms with Gasteiger partial charge in [0.05, 0.1) is 0 Å². The highest BCUT2D eigenvalue weighted by molar-refractivity contribution is 5.94. The fourth-order valence-corrected chi connectivity index (χ4v) is 4.22. The van der Waals surface area contributed by atoms with Crippen LogP contribution in [0.5, 0.6) is 35.3 Å². The van der Waals surface area contributed by atoms with E-state index in [1.54, 1.807) is 24.3 Å². The Morgan fingerprint density at radius 1 is 0.429 bits per heavy atom. The molecule has 42 heavy (non-hydrogen) atoms. The molecule has 7 nitrogen and oxygen atoms in total. The molecule has 0 atom stereocenters. The van der Waals surface area contributed by atoms with E-state index in [1.165, 1.54) is 6.92 Å². The molecule has 0 bridgehead atoms. The number of Topliss-reactive ketones (excluding diaryl/α,β-unsaturated/α-hetero) is 1. The van der Waals surface area contributed by atoms with E-state index in [9.17, 15) is 4.79 Å². The summed E-state index contributed by atoms with van der Waals surface area (Å²) in [6, 6.07) is 42.0. The molecule has 1 aromatic heterocycles. The summed E-state index contributed by atoms with van der Waals surface area (Å²) < 4.78 is 17.9. The minimum absolute atomic E-state index is 0.00345. The van der Waals surface area contributed by atoms with Gasteiger partial charge in [-0.05, 0) is 77.7 Å². The number of rotatable bonds is 9. The molecule has 0 fully saturated rings. The van der Waals surface area contributed by atoms with Crippen LogP contribution in [-0.4, -0.2) is 20.7 Å². The second-order valence-corrected chi connectivity index (χ2v) is 9.35. The highest BCUT2D eigenvalue weighted by atomic mass is 16.5. The first kappa shape index (κ1) is 26.4. The Hall–Kier alpha value is -5.82. The van der Waals surface area contributed by atoms with Crippen LogP contribution in [-0.2, 0) is 0 Å². The van der Waals surface area contributed by atoms with Crippen molar-refractivity contribution >= 4 is 5.78 Å². The van der Waals surface area contributed by atoms with E-state index in [0.29, 0.717) is 22.8 Å². The van der Waals surface area contributed by atoms with Crippen molar-refractivity contribution in [3.63, 3.8) is 0 Å². The molecule has 0 amide bonds. The van der Waals surface area contributed by atoms with Crippen LogP contribution in [0.1, 0.15) is 17.3 Å². The second kappa shape index (κ2) is 12.1. The maximum atomic E-state index is 11.6. The van der Waals surface area contributed by atoms with Crippen molar-refractivity contribution in [2.24, 2.45) is 0 Å². The quantitative estimate of drug-likeness (QED) is 0.166. The molecule has 0 unspecified atom stereocenters. The lowest BCUT2D eigenvalue weighted by Gasteiger charge is -2.10. The largest absolute Gasteiger partial charge is 0.424 e. The number of ether oxygens (including phenoxy) is 3. The zero-order valence-electron chi connectivity index (χ0n) is 22.7. The molecule has 0 radical (unpaired) electrons. The molecule has 204 valence electrons. The summed E-state index contributed by atoms with van der Waals surface area (Å²) in [7, 11) is 0. The van der Waals surface area contributed by atoms with Gasteiger partial charge < -0.3 is 14.2 Å². The van der Waals surface area contributed by atoms with E-state index in [1.807, 2.05) is 109 Å². The lowest BCUT2D eigenvalue weighted by molar-refractivity contribution is 0.101. The summed E-state index contributed by atoms with van der Waals surface area (Å²) >= 11 is 0. The Labute approximate surface area is 243 Å². The van der Waals surface area contributed by atoms with Gasteiger partial charge in [0.25, 0.3) is 0 Å². The van der Waals surface area contributed by atoms with Gasteiger partial charge >= 0.3 is 18.0 Å². The average Bonchev–Trinajstić information content (AvgIpc) is 3.03. The topological polar surface area (TPSA) is 83.4 Å². The first-order valence-electron chi connectivity index (χ1n) is 13.3. The molecule has 0 saturated carbocycles. The highest BCUT2D eigenvalue weighted by Gasteiger charge is 2.14. The minimum Gasteiger partial charge on any atom is -0.424 e. The highest BCUT2D eigenvalue weighted by Crippen LogP contribution is 2.30. The summed E-state index contributed by atoms with van der Waals surface area (Å²) in [6.45, 7) is 1.51. The molecule has 0 spiro atoms. The number of carbonyl (C=O) groups excluding carboxylic acids is 1. The van der Waals surface area contributed by atoms with Crippen LogP contribution in [0.3, 0.4) is 0 Å². The van der Waals surface area contributed by atoms with Crippen molar-refractivity contribution in [2.75, 3.05) is 0 Å². The molecule has 6 rings (SSSR count). The van der Waals surface area contributed by atoms with Gasteiger partial charge in [-0.25, -0.2) is 0 Å². The Morgan fingerprint density at radius 2 is 0.738 bits per heavy atom. The normalized spacial score (nSPS) is 10.6. The molecule has 5 aromatic carbocycles. The van der Waals surface area contributed by atoms with Crippen molar-refractivity contribution in [1.82, 2.24) is 15.0 Å². The molecule has 0 aliphatic heterocycles. The van der Waals surface area contributed by atoms with E-state index in [2.05, 4.69) is 15.0 Å². The van der Waals surface area contributed by atoms with Gasteiger partial charge in [0, 0.05) is 5.56 Å². The van der Waals surface area contributed by atoms with Crippen molar-refractivity contribution < 1.29 is 19.0 Å². The Morgan fingerprint density at radius 3 is 1.07 bits per heavy atom. The van der Waals surface area contributed by atoms with Crippen LogP contribution < -0.4 is 14.2 Å². The maximum absolute atomic E-state index is 11.6. The second-order valence-electron chi connectivity index (χ2n) is 9.35. The van der Waals surface area contributed by atoms with Crippen molar-refractivity contribution in [3.05, 3.63) is 139 Å². The summed E-state index contributed by atoms with van der Waals surface area (Å²) in [5.41, 5.74) is 4.89. The smallest absolute Gasteiger partial charge is 0.331 e. The number of aromatic nitrogens is 3. The van der Waals surface area contributed by atoms with Gasteiger partial charge in [0.1, 0.15) is 17.2 Å². The number of nitrogens with zero attached hydrogens (tertiary/aromatic N) is 3. The van der Waals surface area contributed by atoms with E-state index >= 15 is 0 Å². The minimum atomic E-state index is -0.0374. The molecule has 6 aromatic rings. The molecule has 0 saturated heterocycles. The lowest BCUT2D eigenvalue weighted by Crippen LogP contribution is -2.01. The number of hydrogen-bond acceptors (Lipinski definition) is 7. The van der Waals surface area contributed by atoms with Crippen molar-refractivity contribution in [1.29, 1.82) is 0 Å².